The van der Waals surface area contributed by atoms with Gasteiger partial charge >= 0.3 is 177 Å². The Balaban J connectivity index is 1.77. The Morgan fingerprint density at radius 2 is 1.85 bits per heavy atom. The maximum atomic E-state index is 6.69. The van der Waals surface area contributed by atoms with Crippen molar-refractivity contribution in [1.82, 2.24) is 0 Å². The number of benzene rings is 1. The Labute approximate surface area is 176 Å². The SMILES string of the molecule is CC1=C2CCC3=C(C4=CC=CC4)C=CC(=C2C3c2ccccc2)[CH]1[Hf]([Cl])[Cl]. The van der Waals surface area contributed by atoms with Gasteiger partial charge in [0.25, 0.3) is 0 Å². The molecule has 3 heteroatoms. The summed E-state index contributed by atoms with van der Waals surface area (Å²) in [4.78, 5) is 0. The molecule has 27 heavy (non-hydrogen) atoms. The van der Waals surface area contributed by atoms with Crippen molar-refractivity contribution in [1.29, 1.82) is 0 Å². The van der Waals surface area contributed by atoms with E-state index in [0.29, 0.717) is 9.59 Å². The Morgan fingerprint density at radius 1 is 1.04 bits per heavy atom. The van der Waals surface area contributed by atoms with Crippen LogP contribution in [0.3, 0.4) is 0 Å². The quantitative estimate of drug-likeness (QED) is 0.334. The van der Waals surface area contributed by atoms with Crippen LogP contribution in [0.25, 0.3) is 0 Å². The summed E-state index contributed by atoms with van der Waals surface area (Å²) in [5, 5.41) is 0. The van der Waals surface area contributed by atoms with Crippen LogP contribution in [0.1, 0.15) is 37.7 Å². The summed E-state index contributed by atoms with van der Waals surface area (Å²) in [5.74, 6) is 0.343. The molecule has 135 valence electrons. The van der Waals surface area contributed by atoms with E-state index in [1.165, 1.54) is 33.4 Å². The van der Waals surface area contributed by atoms with E-state index in [1.807, 2.05) is 0 Å². The molecule has 0 radical (unpaired) electrons. The van der Waals surface area contributed by atoms with Crippen molar-refractivity contribution in [2.75, 3.05) is 0 Å². The van der Waals surface area contributed by atoms with Gasteiger partial charge in [-0.2, -0.15) is 0 Å². The van der Waals surface area contributed by atoms with E-state index in [1.54, 1.807) is 11.1 Å². The molecule has 0 heterocycles. The molecule has 4 aliphatic rings. The summed E-state index contributed by atoms with van der Waals surface area (Å²) in [6.07, 6.45) is 14.7. The van der Waals surface area contributed by atoms with Crippen LogP contribution in [-0.2, 0) is 19.1 Å². The van der Waals surface area contributed by atoms with Crippen LogP contribution in [0.15, 0.2) is 99.7 Å². The Bertz CT molecular complexity index is 986. The van der Waals surface area contributed by atoms with Crippen molar-refractivity contribution in [3.63, 3.8) is 0 Å². The first-order valence-corrected chi connectivity index (χ1v) is 20.6. The van der Waals surface area contributed by atoms with Gasteiger partial charge in [-0.15, -0.1) is 0 Å². The molecule has 4 aliphatic carbocycles. The van der Waals surface area contributed by atoms with Gasteiger partial charge in [0.1, 0.15) is 0 Å². The standard InChI is InChI=1S/C24H21.2ClH.Hf/c1-16-15-19-11-12-21(17-7-5-6-8-17)22-14-13-20(16)24(19)23(22)18-9-3-2-4-10-18;;;/h2-7,9-12,15,23H,8,13-14H2,1H3;2*1H;/q;;;+2/p-2. The van der Waals surface area contributed by atoms with E-state index in [4.69, 9.17) is 17.2 Å². The molecular weight excluding hydrogens is 538 g/mol. The van der Waals surface area contributed by atoms with Gasteiger partial charge in [0, 0.05) is 0 Å². The van der Waals surface area contributed by atoms with Gasteiger partial charge in [-0.1, -0.05) is 0 Å². The number of hydrogen-bond acceptors (Lipinski definition) is 0. The summed E-state index contributed by atoms with van der Waals surface area (Å²) < 4.78 is 0.320. The summed E-state index contributed by atoms with van der Waals surface area (Å²) in [5.41, 5.74) is 11.8. The molecule has 1 saturated carbocycles. The first-order chi connectivity index (χ1) is 13.2. The molecule has 0 aliphatic heterocycles. The van der Waals surface area contributed by atoms with Crippen molar-refractivity contribution in [2.45, 2.75) is 35.8 Å². The predicted molar refractivity (Wildman–Crippen MR) is 112 cm³/mol. The van der Waals surface area contributed by atoms with E-state index in [0.717, 1.165) is 19.3 Å². The number of hydrogen-bond donors (Lipinski definition) is 0. The molecular formula is C24H21Cl2Hf. The second-order valence-corrected chi connectivity index (χ2v) is 20.1. The van der Waals surface area contributed by atoms with E-state index in [-0.39, 0.29) is 0 Å². The molecule has 1 fully saturated rings. The van der Waals surface area contributed by atoms with Gasteiger partial charge in [0.05, 0.1) is 0 Å². The second-order valence-electron chi connectivity index (χ2n) is 7.69. The molecule has 2 atom stereocenters. The van der Waals surface area contributed by atoms with E-state index >= 15 is 0 Å². The van der Waals surface area contributed by atoms with Gasteiger partial charge in [-0.25, -0.2) is 0 Å². The van der Waals surface area contributed by atoms with Crippen molar-refractivity contribution < 1.29 is 19.1 Å². The first kappa shape index (κ1) is 18.2. The summed E-state index contributed by atoms with van der Waals surface area (Å²) in [6, 6.07) is 11.0. The second kappa shape index (κ2) is 7.17. The fourth-order valence-corrected chi connectivity index (χ4v) is 13.4. The van der Waals surface area contributed by atoms with Crippen LogP contribution >= 0.6 is 17.2 Å². The number of allylic oxidation sites excluding steroid dienone is 12. The van der Waals surface area contributed by atoms with Gasteiger partial charge in [-0.05, 0) is 0 Å². The maximum absolute atomic E-state index is 6.69. The van der Waals surface area contributed by atoms with Crippen LogP contribution in [0.4, 0.5) is 0 Å². The van der Waals surface area contributed by atoms with E-state index < -0.39 is 19.1 Å². The van der Waals surface area contributed by atoms with Crippen molar-refractivity contribution in [2.24, 2.45) is 0 Å². The first-order valence-electron chi connectivity index (χ1n) is 9.61. The average Bonchev–Trinajstić information content (AvgIpc) is 3.28. The Kier molecular flexibility index (Phi) is 4.82. The topological polar surface area (TPSA) is 0 Å². The number of halogens is 2. The van der Waals surface area contributed by atoms with Crippen LogP contribution in [0.5, 0.6) is 0 Å². The molecule has 0 saturated heterocycles. The Morgan fingerprint density at radius 3 is 2.56 bits per heavy atom. The molecule has 2 bridgehead atoms. The molecule has 1 aromatic carbocycles. The molecule has 1 aromatic rings. The summed E-state index contributed by atoms with van der Waals surface area (Å²) in [6.45, 7) is 2.28. The zero-order valence-electron chi connectivity index (χ0n) is 15.3. The van der Waals surface area contributed by atoms with Crippen molar-refractivity contribution in [3.05, 3.63) is 105 Å². The van der Waals surface area contributed by atoms with E-state index in [2.05, 4.69) is 67.6 Å². The fraction of sp³-hybridized carbons (Fsp3) is 0.250. The van der Waals surface area contributed by atoms with Crippen molar-refractivity contribution >= 4 is 17.2 Å². The summed E-state index contributed by atoms with van der Waals surface area (Å²) in [7, 11) is 13.4. The zero-order valence-corrected chi connectivity index (χ0v) is 20.4. The van der Waals surface area contributed by atoms with Crippen LogP contribution < -0.4 is 0 Å². The van der Waals surface area contributed by atoms with Gasteiger partial charge < -0.3 is 0 Å². The minimum atomic E-state index is -2.64. The molecule has 0 N–H and O–H groups in total. The molecule has 0 spiro atoms. The molecule has 0 nitrogen and oxygen atoms in total. The van der Waals surface area contributed by atoms with Gasteiger partial charge in [0.15, 0.2) is 0 Å². The van der Waals surface area contributed by atoms with Gasteiger partial charge in [-0.3, -0.25) is 0 Å². The molecule has 5 rings (SSSR count). The Hall–Kier alpha value is -0.890. The number of rotatable bonds is 3. The van der Waals surface area contributed by atoms with Gasteiger partial charge in [0.2, 0.25) is 0 Å². The third-order valence-electron chi connectivity index (χ3n) is 6.38. The number of fused-ring (bicyclic) bond motifs is 1. The third kappa shape index (κ3) is 2.89. The zero-order chi connectivity index (χ0) is 18.5. The minimum absolute atomic E-state index is 0.320. The van der Waals surface area contributed by atoms with Crippen LogP contribution in [0.2, 0.25) is 3.67 Å². The molecule has 0 aromatic heterocycles. The average molecular weight is 559 g/mol. The van der Waals surface area contributed by atoms with Crippen molar-refractivity contribution in [3.8, 4) is 0 Å². The van der Waals surface area contributed by atoms with E-state index in [9.17, 15) is 0 Å². The normalized spacial score (nSPS) is 26.1. The molecule has 2 unspecified atom stereocenters. The van der Waals surface area contributed by atoms with Crippen LogP contribution in [0, 0.1) is 0 Å². The third-order valence-corrected chi connectivity index (χ3v) is 14.2. The van der Waals surface area contributed by atoms with Crippen LogP contribution in [-0.4, -0.2) is 0 Å². The summed E-state index contributed by atoms with van der Waals surface area (Å²) >= 11 is -2.64. The fourth-order valence-electron chi connectivity index (χ4n) is 5.21. The molecule has 0 amide bonds. The monoisotopic (exact) mass is 559 g/mol. The predicted octanol–water partition coefficient (Wildman–Crippen LogP) is 7.66.